The van der Waals surface area contributed by atoms with Crippen LogP contribution in [-0.4, -0.2) is 21.0 Å². The standard InChI is InChI=1S/C12H8Cl2N4O3/c13-10-5-8(18(20)21)4-9(11(10)14)12(19)15-6-7-2-1-3-16-17-7/h1-5H,6H2,(H,15,19). The van der Waals surface area contributed by atoms with Gasteiger partial charge in [-0.3, -0.25) is 14.9 Å². The third-order valence-electron chi connectivity index (χ3n) is 2.53. The summed E-state index contributed by atoms with van der Waals surface area (Å²) in [5.41, 5.74) is 0.160. The molecule has 0 unspecified atom stereocenters. The lowest BCUT2D eigenvalue weighted by atomic mass is 10.2. The Kier molecular flexibility index (Phi) is 4.66. The van der Waals surface area contributed by atoms with E-state index < -0.39 is 10.8 Å². The van der Waals surface area contributed by atoms with E-state index in [9.17, 15) is 14.9 Å². The molecular formula is C12H8Cl2N4O3. The Hall–Kier alpha value is -2.25. The molecule has 1 amide bonds. The van der Waals surface area contributed by atoms with Crippen LogP contribution >= 0.6 is 23.2 Å². The smallest absolute Gasteiger partial charge is 0.271 e. The third kappa shape index (κ3) is 3.65. The van der Waals surface area contributed by atoms with E-state index in [-0.39, 0.29) is 27.8 Å². The van der Waals surface area contributed by atoms with E-state index >= 15 is 0 Å². The van der Waals surface area contributed by atoms with Gasteiger partial charge in [-0.05, 0) is 12.1 Å². The molecule has 1 aromatic carbocycles. The topological polar surface area (TPSA) is 98.0 Å². The van der Waals surface area contributed by atoms with Crippen molar-refractivity contribution < 1.29 is 9.72 Å². The molecule has 21 heavy (non-hydrogen) atoms. The van der Waals surface area contributed by atoms with Gasteiger partial charge in [-0.25, -0.2) is 0 Å². The molecule has 108 valence electrons. The van der Waals surface area contributed by atoms with Gasteiger partial charge < -0.3 is 5.32 Å². The van der Waals surface area contributed by atoms with E-state index in [1.807, 2.05) is 0 Å². The number of carbonyl (C=O) groups excluding carboxylic acids is 1. The van der Waals surface area contributed by atoms with Crippen molar-refractivity contribution >= 4 is 34.8 Å². The fourth-order valence-electron chi connectivity index (χ4n) is 1.54. The molecule has 1 heterocycles. The molecule has 0 aliphatic heterocycles. The van der Waals surface area contributed by atoms with E-state index in [0.29, 0.717) is 5.69 Å². The van der Waals surface area contributed by atoms with Crippen molar-refractivity contribution in [2.24, 2.45) is 0 Å². The maximum atomic E-state index is 12.0. The van der Waals surface area contributed by atoms with Crippen LogP contribution in [0, 0.1) is 10.1 Å². The summed E-state index contributed by atoms with van der Waals surface area (Å²) in [6.45, 7) is 0.114. The molecule has 0 radical (unpaired) electrons. The van der Waals surface area contributed by atoms with E-state index in [1.165, 1.54) is 6.20 Å². The van der Waals surface area contributed by atoms with Crippen molar-refractivity contribution in [2.75, 3.05) is 0 Å². The van der Waals surface area contributed by atoms with Gasteiger partial charge in [-0.15, -0.1) is 0 Å². The first-order valence-corrected chi connectivity index (χ1v) is 6.43. The van der Waals surface area contributed by atoms with Crippen molar-refractivity contribution in [1.82, 2.24) is 15.5 Å². The Morgan fingerprint density at radius 2 is 2.14 bits per heavy atom. The number of non-ortho nitro benzene ring substituents is 1. The first-order valence-electron chi connectivity index (χ1n) is 5.67. The summed E-state index contributed by atoms with van der Waals surface area (Å²) < 4.78 is 0. The predicted octanol–water partition coefficient (Wildman–Crippen LogP) is 2.62. The van der Waals surface area contributed by atoms with Crippen LogP contribution in [0.25, 0.3) is 0 Å². The van der Waals surface area contributed by atoms with E-state index in [2.05, 4.69) is 15.5 Å². The molecule has 0 atom stereocenters. The molecule has 2 aromatic rings. The van der Waals surface area contributed by atoms with Crippen LogP contribution in [-0.2, 0) is 6.54 Å². The summed E-state index contributed by atoms with van der Waals surface area (Å²) in [6.07, 6.45) is 1.50. The molecule has 0 spiro atoms. The van der Waals surface area contributed by atoms with E-state index in [1.54, 1.807) is 12.1 Å². The molecule has 0 saturated carbocycles. The van der Waals surface area contributed by atoms with Crippen LogP contribution in [0.5, 0.6) is 0 Å². The van der Waals surface area contributed by atoms with E-state index in [4.69, 9.17) is 23.2 Å². The van der Waals surface area contributed by atoms with Gasteiger partial charge in [0.1, 0.15) is 0 Å². The first-order chi connectivity index (χ1) is 9.99. The Labute approximate surface area is 129 Å². The maximum Gasteiger partial charge on any atom is 0.271 e. The van der Waals surface area contributed by atoms with Gasteiger partial charge in [-0.2, -0.15) is 10.2 Å². The number of nitro groups is 1. The van der Waals surface area contributed by atoms with Crippen LogP contribution in [0.15, 0.2) is 30.5 Å². The molecule has 7 nitrogen and oxygen atoms in total. The SMILES string of the molecule is O=C(NCc1cccnn1)c1cc([N+](=O)[O-])cc(Cl)c1Cl. The van der Waals surface area contributed by atoms with Crippen LogP contribution in [0.4, 0.5) is 5.69 Å². The highest BCUT2D eigenvalue weighted by Gasteiger charge is 2.19. The Morgan fingerprint density at radius 3 is 2.76 bits per heavy atom. The fourth-order valence-corrected chi connectivity index (χ4v) is 1.95. The van der Waals surface area contributed by atoms with Gasteiger partial charge in [0, 0.05) is 18.3 Å². The second-order valence-corrected chi connectivity index (χ2v) is 4.73. The molecule has 2 rings (SSSR count). The zero-order valence-corrected chi connectivity index (χ0v) is 11.9. The minimum absolute atomic E-state index is 0.0427. The first kappa shape index (κ1) is 15.1. The second kappa shape index (κ2) is 6.47. The molecule has 0 aliphatic rings. The number of benzene rings is 1. The third-order valence-corrected chi connectivity index (χ3v) is 3.33. The zero-order chi connectivity index (χ0) is 15.4. The second-order valence-electron chi connectivity index (χ2n) is 3.94. The van der Waals surface area contributed by atoms with Crippen LogP contribution < -0.4 is 5.32 Å². The average molecular weight is 327 g/mol. The number of nitrogens with zero attached hydrogens (tertiary/aromatic N) is 3. The highest BCUT2D eigenvalue weighted by atomic mass is 35.5. The van der Waals surface area contributed by atoms with Gasteiger partial charge in [0.25, 0.3) is 11.6 Å². The number of nitro benzene ring substituents is 1. The summed E-state index contributed by atoms with van der Waals surface area (Å²) in [5.74, 6) is -0.587. The molecule has 0 aliphatic carbocycles. The van der Waals surface area contributed by atoms with Crippen molar-refractivity contribution in [3.05, 3.63) is 61.9 Å². The Balaban J connectivity index is 2.21. The fraction of sp³-hybridized carbons (Fsp3) is 0.0833. The Morgan fingerprint density at radius 1 is 1.38 bits per heavy atom. The number of halogens is 2. The quantitative estimate of drug-likeness (QED) is 0.687. The monoisotopic (exact) mass is 326 g/mol. The van der Waals surface area contributed by atoms with Crippen LogP contribution in [0.1, 0.15) is 16.1 Å². The largest absolute Gasteiger partial charge is 0.346 e. The van der Waals surface area contributed by atoms with Gasteiger partial charge in [0.2, 0.25) is 0 Å². The van der Waals surface area contributed by atoms with Gasteiger partial charge in [0.15, 0.2) is 0 Å². The molecule has 0 saturated heterocycles. The number of aromatic nitrogens is 2. The summed E-state index contributed by atoms with van der Waals surface area (Å²) in [4.78, 5) is 22.2. The van der Waals surface area contributed by atoms with Gasteiger partial charge in [0.05, 0.1) is 32.8 Å². The highest BCUT2D eigenvalue weighted by molar-refractivity contribution is 6.44. The maximum absolute atomic E-state index is 12.0. The summed E-state index contributed by atoms with van der Waals surface area (Å²) in [6, 6.07) is 5.50. The predicted molar refractivity (Wildman–Crippen MR) is 76.3 cm³/mol. The summed E-state index contributed by atoms with van der Waals surface area (Å²) in [7, 11) is 0. The zero-order valence-electron chi connectivity index (χ0n) is 10.4. The van der Waals surface area contributed by atoms with E-state index in [0.717, 1.165) is 12.1 Å². The minimum Gasteiger partial charge on any atom is -0.346 e. The molecule has 1 N–H and O–H groups in total. The van der Waals surface area contributed by atoms with Gasteiger partial charge in [-0.1, -0.05) is 23.2 Å². The lowest BCUT2D eigenvalue weighted by molar-refractivity contribution is -0.384. The number of hydrogen-bond donors (Lipinski definition) is 1. The number of nitrogens with one attached hydrogen (secondary N) is 1. The van der Waals surface area contributed by atoms with Crippen molar-refractivity contribution in [1.29, 1.82) is 0 Å². The van der Waals surface area contributed by atoms with Gasteiger partial charge >= 0.3 is 0 Å². The lowest BCUT2D eigenvalue weighted by Crippen LogP contribution is -2.24. The van der Waals surface area contributed by atoms with Crippen molar-refractivity contribution in [3.8, 4) is 0 Å². The van der Waals surface area contributed by atoms with Crippen molar-refractivity contribution in [2.45, 2.75) is 6.54 Å². The molecule has 0 fully saturated rings. The minimum atomic E-state index is -0.651. The number of rotatable bonds is 4. The van der Waals surface area contributed by atoms with Crippen molar-refractivity contribution in [3.63, 3.8) is 0 Å². The molecule has 9 heteroatoms. The molecule has 1 aromatic heterocycles. The Bertz CT molecular complexity index is 694. The normalized spacial score (nSPS) is 10.2. The average Bonchev–Trinajstić information content (AvgIpc) is 2.48. The van der Waals surface area contributed by atoms with Crippen LogP contribution in [0.3, 0.4) is 0 Å². The molecular weight excluding hydrogens is 319 g/mol. The number of hydrogen-bond acceptors (Lipinski definition) is 5. The number of carbonyl (C=O) groups is 1. The number of amides is 1. The van der Waals surface area contributed by atoms with Crippen LogP contribution in [0.2, 0.25) is 10.0 Å². The highest BCUT2D eigenvalue weighted by Crippen LogP contribution is 2.30. The summed E-state index contributed by atoms with van der Waals surface area (Å²) in [5, 5.41) is 20.7. The molecule has 0 bridgehead atoms. The summed E-state index contributed by atoms with van der Waals surface area (Å²) >= 11 is 11.7. The lowest BCUT2D eigenvalue weighted by Gasteiger charge is -2.07.